The maximum Gasteiger partial charge on any atom is 0.573 e. The summed E-state index contributed by atoms with van der Waals surface area (Å²) in [5.74, 6) is 0.112. The summed E-state index contributed by atoms with van der Waals surface area (Å²) >= 11 is 0. The number of imidazole rings is 1. The first-order valence-electron chi connectivity index (χ1n) is 13.8. The molecule has 8 nitrogen and oxygen atoms in total. The molecule has 1 aliphatic rings. The predicted octanol–water partition coefficient (Wildman–Crippen LogP) is 7.09. The molecular weight excluding hydrogens is 537 g/mol. The smallest absolute Gasteiger partial charge is 0.466 e. The molecule has 0 saturated heterocycles. The van der Waals surface area contributed by atoms with Crippen LogP contribution in [0.5, 0.6) is 5.75 Å². The molecule has 0 spiro atoms. The van der Waals surface area contributed by atoms with Gasteiger partial charge in [-0.05, 0) is 80.0 Å². The molecule has 1 aromatic heterocycles. The molecule has 0 unspecified atom stereocenters. The number of hydrogen-bond donors (Lipinski definition) is 1. The summed E-state index contributed by atoms with van der Waals surface area (Å²) in [4.78, 5) is 31.4. The van der Waals surface area contributed by atoms with Crippen LogP contribution < -0.4 is 10.1 Å². The zero-order valence-electron chi connectivity index (χ0n) is 24.0. The molecule has 1 amide bonds. The summed E-state index contributed by atoms with van der Waals surface area (Å²) in [6.07, 6.45) is -1.76. The minimum absolute atomic E-state index is 0.0842. The Labute approximate surface area is 237 Å². The average molecular weight is 575 g/mol. The number of benzene rings is 2. The largest absolute Gasteiger partial charge is 0.573 e. The number of nitrogens with zero attached hydrogens (tertiary/aromatic N) is 3. The second kappa shape index (κ2) is 12.0. The van der Waals surface area contributed by atoms with E-state index in [2.05, 4.69) is 35.4 Å². The first-order valence-corrected chi connectivity index (χ1v) is 13.8. The highest BCUT2D eigenvalue weighted by atomic mass is 19.4. The number of carbonyl (C=O) groups excluding carboxylic acids is 2. The highest BCUT2D eigenvalue weighted by Gasteiger charge is 2.35. The van der Waals surface area contributed by atoms with Crippen molar-refractivity contribution in [3.8, 4) is 5.75 Å². The number of nitrogens with one attached hydrogen (secondary N) is 1. The highest BCUT2D eigenvalue weighted by Crippen LogP contribution is 2.46. The normalized spacial score (nSPS) is 18.6. The van der Waals surface area contributed by atoms with Crippen LogP contribution in [0.2, 0.25) is 0 Å². The van der Waals surface area contributed by atoms with Crippen molar-refractivity contribution in [3.63, 3.8) is 0 Å². The van der Waals surface area contributed by atoms with Gasteiger partial charge < -0.3 is 24.3 Å². The Balaban J connectivity index is 1.68. The van der Waals surface area contributed by atoms with Crippen molar-refractivity contribution in [2.45, 2.75) is 65.8 Å². The molecule has 4 rings (SSSR count). The van der Waals surface area contributed by atoms with E-state index in [4.69, 9.17) is 9.72 Å². The Morgan fingerprint density at radius 3 is 2.49 bits per heavy atom. The summed E-state index contributed by atoms with van der Waals surface area (Å²) in [5, 5.41) is 3.28. The van der Waals surface area contributed by atoms with Gasteiger partial charge in [0.25, 0.3) is 5.91 Å². The van der Waals surface area contributed by atoms with Gasteiger partial charge in [-0.2, -0.15) is 0 Å². The Bertz CT molecular complexity index is 1380. The molecule has 3 aromatic rings. The number of alkyl halides is 3. The van der Waals surface area contributed by atoms with Crippen molar-refractivity contribution < 1.29 is 32.2 Å². The lowest BCUT2D eigenvalue weighted by molar-refractivity contribution is -0.274. The Kier molecular flexibility index (Phi) is 8.84. The van der Waals surface area contributed by atoms with Crippen molar-refractivity contribution in [2.75, 3.05) is 25.5 Å². The predicted molar refractivity (Wildman–Crippen MR) is 150 cm³/mol. The monoisotopic (exact) mass is 574 g/mol. The number of carbonyl (C=O) groups is 2. The van der Waals surface area contributed by atoms with Gasteiger partial charge in [-0.1, -0.05) is 20.8 Å². The van der Waals surface area contributed by atoms with Gasteiger partial charge in [0, 0.05) is 30.9 Å². The molecule has 0 radical (unpaired) electrons. The van der Waals surface area contributed by atoms with Crippen LogP contribution in [0.1, 0.15) is 69.8 Å². The van der Waals surface area contributed by atoms with Crippen LogP contribution >= 0.6 is 0 Å². The van der Waals surface area contributed by atoms with Crippen LogP contribution in [-0.2, 0) is 9.53 Å². The molecule has 1 N–H and O–H groups in total. The van der Waals surface area contributed by atoms with Crippen molar-refractivity contribution in [3.05, 3.63) is 48.0 Å². The Morgan fingerprint density at radius 1 is 1.15 bits per heavy atom. The lowest BCUT2D eigenvalue weighted by Crippen LogP contribution is -2.30. The SMILES string of the molecule is CCOC(=O)CCN(C)C(=O)c1ccc2nc(Nc3ccc(OC(F)(F)F)cc3)n([C@H]3C[C@@H](C)CC(C)(C)C3)c2c1. The van der Waals surface area contributed by atoms with Gasteiger partial charge in [0.1, 0.15) is 5.75 Å². The molecule has 1 heterocycles. The first kappa shape index (κ1) is 30.2. The third-order valence-electron chi connectivity index (χ3n) is 7.31. The van der Waals surface area contributed by atoms with Gasteiger partial charge in [-0.15, -0.1) is 13.2 Å². The fourth-order valence-corrected chi connectivity index (χ4v) is 5.86. The number of aromatic nitrogens is 2. The standard InChI is InChI=1S/C30H37F3N4O4/c1-6-40-26(38)13-14-36(5)27(39)20-7-12-24-25(16-20)37(22-15-19(2)17-29(3,4)18-22)28(35-24)34-21-8-10-23(11-9-21)41-30(31,32)33/h7-12,16,19,22H,6,13-15,17-18H2,1-5H3,(H,34,35)/t19-,22+/m1/s1. The zero-order valence-corrected chi connectivity index (χ0v) is 24.0. The molecule has 0 aliphatic heterocycles. The number of rotatable bonds is 9. The quantitative estimate of drug-likeness (QED) is 0.275. The minimum Gasteiger partial charge on any atom is -0.466 e. The summed E-state index contributed by atoms with van der Waals surface area (Å²) in [6.45, 7) is 8.97. The summed E-state index contributed by atoms with van der Waals surface area (Å²) in [7, 11) is 1.65. The van der Waals surface area contributed by atoms with Gasteiger partial charge >= 0.3 is 12.3 Å². The second-order valence-corrected chi connectivity index (χ2v) is 11.6. The molecule has 41 heavy (non-hydrogen) atoms. The lowest BCUT2D eigenvalue weighted by atomic mass is 9.70. The first-order chi connectivity index (χ1) is 19.2. The van der Waals surface area contributed by atoms with Crippen molar-refractivity contribution in [1.29, 1.82) is 0 Å². The number of fused-ring (bicyclic) bond motifs is 1. The van der Waals surface area contributed by atoms with Crippen molar-refractivity contribution in [2.24, 2.45) is 11.3 Å². The Morgan fingerprint density at radius 2 is 1.85 bits per heavy atom. The van der Waals surface area contributed by atoms with Crippen molar-refractivity contribution >= 4 is 34.5 Å². The van der Waals surface area contributed by atoms with Crippen molar-refractivity contribution in [1.82, 2.24) is 14.5 Å². The van der Waals surface area contributed by atoms with E-state index in [1.54, 1.807) is 26.1 Å². The van der Waals surface area contributed by atoms with Gasteiger partial charge in [0.2, 0.25) is 5.95 Å². The maximum absolute atomic E-state index is 13.3. The van der Waals surface area contributed by atoms with Crippen LogP contribution in [0.25, 0.3) is 11.0 Å². The van der Waals surface area contributed by atoms with E-state index in [-0.39, 0.29) is 48.7 Å². The fourth-order valence-electron chi connectivity index (χ4n) is 5.86. The molecule has 222 valence electrons. The number of amides is 1. The van der Waals surface area contributed by atoms with E-state index >= 15 is 0 Å². The summed E-state index contributed by atoms with van der Waals surface area (Å²) in [6, 6.07) is 10.9. The van der Waals surface area contributed by atoms with Gasteiger partial charge in [-0.3, -0.25) is 9.59 Å². The second-order valence-electron chi connectivity index (χ2n) is 11.6. The zero-order chi connectivity index (χ0) is 29.9. The van der Waals surface area contributed by atoms with Crippen LogP contribution in [0.15, 0.2) is 42.5 Å². The van der Waals surface area contributed by atoms with Crippen LogP contribution in [0, 0.1) is 11.3 Å². The molecule has 2 atom stereocenters. The molecule has 11 heteroatoms. The van der Waals surface area contributed by atoms with Gasteiger partial charge in [0.15, 0.2) is 0 Å². The van der Waals surface area contributed by atoms with E-state index in [0.717, 1.165) is 24.8 Å². The van der Waals surface area contributed by atoms with Crippen LogP contribution in [-0.4, -0.2) is 52.9 Å². The Hall–Kier alpha value is -3.76. The highest BCUT2D eigenvalue weighted by molar-refractivity contribution is 5.98. The lowest BCUT2D eigenvalue weighted by Gasteiger charge is -2.40. The number of hydrogen-bond acceptors (Lipinski definition) is 6. The molecule has 0 bridgehead atoms. The molecule has 1 saturated carbocycles. The third kappa shape index (κ3) is 7.71. The topological polar surface area (TPSA) is 85.7 Å². The van der Waals surface area contributed by atoms with E-state index < -0.39 is 6.36 Å². The molecule has 1 aliphatic carbocycles. The average Bonchev–Trinajstić information content (AvgIpc) is 3.23. The third-order valence-corrected chi connectivity index (χ3v) is 7.31. The van der Waals surface area contributed by atoms with E-state index in [1.807, 2.05) is 6.07 Å². The van der Waals surface area contributed by atoms with E-state index in [0.29, 0.717) is 28.6 Å². The van der Waals surface area contributed by atoms with E-state index in [9.17, 15) is 22.8 Å². The van der Waals surface area contributed by atoms with Crippen LogP contribution in [0.4, 0.5) is 24.8 Å². The van der Waals surface area contributed by atoms with Crippen LogP contribution in [0.3, 0.4) is 0 Å². The molecule has 1 fully saturated rings. The number of ether oxygens (including phenoxy) is 2. The number of esters is 1. The molecule has 2 aromatic carbocycles. The molecular formula is C30H37F3N4O4. The fraction of sp³-hybridized carbons (Fsp3) is 0.500. The van der Waals surface area contributed by atoms with Gasteiger partial charge in [-0.25, -0.2) is 4.98 Å². The maximum atomic E-state index is 13.3. The number of anilines is 2. The van der Waals surface area contributed by atoms with E-state index in [1.165, 1.54) is 29.2 Å². The summed E-state index contributed by atoms with van der Waals surface area (Å²) in [5.41, 5.74) is 2.57. The minimum atomic E-state index is -4.77. The van der Waals surface area contributed by atoms with Gasteiger partial charge in [0.05, 0.1) is 24.1 Å². The summed E-state index contributed by atoms with van der Waals surface area (Å²) < 4.78 is 48.9. The number of halogens is 3.